The van der Waals surface area contributed by atoms with E-state index in [0.717, 1.165) is 16.3 Å². The van der Waals surface area contributed by atoms with Crippen molar-refractivity contribution in [1.82, 2.24) is 0 Å². The van der Waals surface area contributed by atoms with E-state index in [1.54, 1.807) is 0 Å². The Morgan fingerprint density at radius 3 is 2.60 bits per heavy atom. The molecule has 1 aliphatic heterocycles. The van der Waals surface area contributed by atoms with E-state index in [1.165, 1.54) is 32.1 Å². The summed E-state index contributed by atoms with van der Waals surface area (Å²) in [6.45, 7) is 0. The van der Waals surface area contributed by atoms with Gasteiger partial charge in [-0.05, 0) is 31.1 Å². The van der Waals surface area contributed by atoms with Crippen LogP contribution in [0.5, 0.6) is 0 Å². The van der Waals surface area contributed by atoms with Gasteiger partial charge in [-0.15, -0.1) is 0 Å². The Bertz CT molecular complexity index is 277. The van der Waals surface area contributed by atoms with Gasteiger partial charge in [-0.1, -0.05) is 35.4 Å². The number of alkyl halides is 1. The Morgan fingerprint density at radius 1 is 1.33 bits per heavy atom. The summed E-state index contributed by atoms with van der Waals surface area (Å²) < 4.78 is 6.46. The van der Waals surface area contributed by atoms with Crippen LogP contribution in [0.2, 0.25) is 0 Å². The highest BCUT2D eigenvalue weighted by molar-refractivity contribution is 14.1. The number of cyclic esters (lactones) is 1. The molecule has 0 radical (unpaired) electrons. The third-order valence-corrected chi connectivity index (χ3v) is 5.43. The number of carbonyl (C=O) groups excluding carboxylic acids is 1. The Morgan fingerprint density at radius 2 is 2.00 bits per heavy atom. The van der Waals surface area contributed by atoms with Crippen LogP contribution in [0.25, 0.3) is 0 Å². The number of carbonyl (C=O) groups is 1. The molecule has 2 aliphatic carbocycles. The molecule has 15 heavy (non-hydrogen) atoms. The first-order valence-electron chi connectivity index (χ1n) is 5.97. The molecule has 1 saturated heterocycles. The van der Waals surface area contributed by atoms with Crippen molar-refractivity contribution in [2.45, 2.75) is 44.6 Å². The van der Waals surface area contributed by atoms with Crippen molar-refractivity contribution >= 4 is 28.6 Å². The molecule has 3 aliphatic rings. The Labute approximate surface area is 104 Å². The fourth-order valence-corrected chi connectivity index (χ4v) is 5.23. The first-order valence-corrected chi connectivity index (χ1v) is 7.50. The molecule has 1 spiro atoms. The molecule has 84 valence electrons. The molecule has 0 N–H and O–H groups in total. The van der Waals surface area contributed by atoms with E-state index in [1.807, 2.05) is 0 Å². The van der Waals surface area contributed by atoms with Crippen LogP contribution >= 0.6 is 22.6 Å². The minimum Gasteiger partial charge on any atom is -0.461 e. The minimum absolute atomic E-state index is 0.0537. The minimum atomic E-state index is 0.0537. The summed E-state index contributed by atoms with van der Waals surface area (Å²) in [5, 5.41) is 0. The summed E-state index contributed by atoms with van der Waals surface area (Å²) in [7, 11) is 0. The largest absolute Gasteiger partial charge is 0.461 e. The van der Waals surface area contributed by atoms with Gasteiger partial charge in [0.05, 0.1) is 6.42 Å². The molecule has 2 nitrogen and oxygen atoms in total. The lowest BCUT2D eigenvalue weighted by atomic mass is 9.65. The van der Waals surface area contributed by atoms with Crippen LogP contribution in [0, 0.1) is 17.3 Å². The molecule has 0 aromatic carbocycles. The van der Waals surface area contributed by atoms with Gasteiger partial charge in [-0.25, -0.2) is 0 Å². The van der Waals surface area contributed by atoms with Gasteiger partial charge in [0.1, 0.15) is 6.10 Å². The van der Waals surface area contributed by atoms with Gasteiger partial charge in [-0.3, -0.25) is 4.79 Å². The van der Waals surface area contributed by atoms with Crippen LogP contribution in [0.1, 0.15) is 38.5 Å². The molecular formula is C12H17IO2. The predicted molar refractivity (Wildman–Crippen MR) is 65.9 cm³/mol. The van der Waals surface area contributed by atoms with Crippen LogP contribution < -0.4 is 0 Å². The SMILES string of the molecule is O=C1CC2(CC3CCC(C3)C2)C(CI)O1. The Hall–Kier alpha value is 0.200. The summed E-state index contributed by atoms with van der Waals surface area (Å²) in [6, 6.07) is 0. The maximum atomic E-state index is 11.5. The van der Waals surface area contributed by atoms with Crippen LogP contribution in [-0.2, 0) is 9.53 Å². The van der Waals surface area contributed by atoms with Crippen LogP contribution in [-0.4, -0.2) is 16.5 Å². The van der Waals surface area contributed by atoms with Gasteiger partial charge in [0.2, 0.25) is 0 Å². The van der Waals surface area contributed by atoms with Gasteiger partial charge in [0, 0.05) is 9.84 Å². The van der Waals surface area contributed by atoms with Crippen molar-refractivity contribution in [3.8, 4) is 0 Å². The zero-order chi connectivity index (χ0) is 10.5. The summed E-state index contributed by atoms with van der Waals surface area (Å²) >= 11 is 2.37. The summed E-state index contributed by atoms with van der Waals surface area (Å²) in [5.74, 6) is 1.84. The highest BCUT2D eigenvalue weighted by atomic mass is 127. The van der Waals surface area contributed by atoms with E-state index in [4.69, 9.17) is 4.74 Å². The van der Waals surface area contributed by atoms with E-state index < -0.39 is 0 Å². The number of hydrogen-bond donors (Lipinski definition) is 0. The molecule has 3 fully saturated rings. The van der Waals surface area contributed by atoms with Crippen molar-refractivity contribution in [1.29, 1.82) is 0 Å². The molecule has 0 aromatic rings. The second-order valence-corrected chi connectivity index (χ2v) is 6.51. The predicted octanol–water partition coefficient (Wildman–Crippen LogP) is 2.93. The first-order chi connectivity index (χ1) is 7.22. The number of fused-ring (bicyclic) bond motifs is 2. The quantitative estimate of drug-likeness (QED) is 0.422. The van der Waals surface area contributed by atoms with Gasteiger partial charge in [0.25, 0.3) is 0 Å². The molecule has 2 saturated carbocycles. The van der Waals surface area contributed by atoms with E-state index >= 15 is 0 Å². The number of hydrogen-bond acceptors (Lipinski definition) is 2. The Kier molecular flexibility index (Phi) is 2.49. The number of esters is 1. The smallest absolute Gasteiger partial charge is 0.306 e. The topological polar surface area (TPSA) is 26.3 Å². The van der Waals surface area contributed by atoms with Crippen molar-refractivity contribution in [2.24, 2.45) is 17.3 Å². The average Bonchev–Trinajstić information content (AvgIpc) is 2.68. The Balaban J connectivity index is 1.86. The molecule has 2 bridgehead atoms. The van der Waals surface area contributed by atoms with Gasteiger partial charge in [0.15, 0.2) is 0 Å². The third kappa shape index (κ3) is 1.61. The van der Waals surface area contributed by atoms with Crippen molar-refractivity contribution in [2.75, 3.05) is 4.43 Å². The lowest BCUT2D eigenvalue weighted by Gasteiger charge is -2.39. The highest BCUT2D eigenvalue weighted by Crippen LogP contribution is 2.56. The number of halogens is 1. The van der Waals surface area contributed by atoms with Crippen LogP contribution in [0.4, 0.5) is 0 Å². The van der Waals surface area contributed by atoms with E-state index in [2.05, 4.69) is 22.6 Å². The van der Waals surface area contributed by atoms with Crippen molar-refractivity contribution in [3.05, 3.63) is 0 Å². The standard InChI is InChI=1S/C12H17IO2/c13-7-10-12(6-11(14)15-10)4-8-1-2-9(3-8)5-12/h8-10H,1-7H2. The van der Waals surface area contributed by atoms with E-state index in [-0.39, 0.29) is 17.5 Å². The molecule has 0 aromatic heterocycles. The maximum absolute atomic E-state index is 11.5. The molecule has 3 rings (SSSR count). The molecule has 3 atom stereocenters. The fourth-order valence-electron chi connectivity index (χ4n) is 4.11. The van der Waals surface area contributed by atoms with Gasteiger partial charge < -0.3 is 4.74 Å². The number of rotatable bonds is 1. The van der Waals surface area contributed by atoms with Gasteiger partial charge in [-0.2, -0.15) is 0 Å². The monoisotopic (exact) mass is 320 g/mol. The summed E-state index contributed by atoms with van der Waals surface area (Å²) in [5.41, 5.74) is 0.238. The summed E-state index contributed by atoms with van der Waals surface area (Å²) in [4.78, 5) is 11.5. The molecular weight excluding hydrogens is 303 g/mol. The lowest BCUT2D eigenvalue weighted by molar-refractivity contribution is -0.140. The molecule has 0 amide bonds. The molecule has 3 heteroatoms. The number of ether oxygens (including phenoxy) is 1. The normalized spacial score (nSPS) is 48.6. The van der Waals surface area contributed by atoms with E-state index in [0.29, 0.717) is 6.42 Å². The zero-order valence-corrected chi connectivity index (χ0v) is 11.0. The first kappa shape index (κ1) is 10.4. The second-order valence-electron chi connectivity index (χ2n) is 5.63. The van der Waals surface area contributed by atoms with E-state index in [9.17, 15) is 4.79 Å². The lowest BCUT2D eigenvalue weighted by Crippen LogP contribution is -2.37. The third-order valence-electron chi connectivity index (χ3n) is 4.63. The van der Waals surface area contributed by atoms with Crippen molar-refractivity contribution < 1.29 is 9.53 Å². The highest BCUT2D eigenvalue weighted by Gasteiger charge is 2.54. The summed E-state index contributed by atoms with van der Waals surface area (Å²) in [6.07, 6.45) is 7.64. The maximum Gasteiger partial charge on any atom is 0.306 e. The fraction of sp³-hybridized carbons (Fsp3) is 0.917. The average molecular weight is 320 g/mol. The van der Waals surface area contributed by atoms with Crippen LogP contribution in [0.3, 0.4) is 0 Å². The zero-order valence-electron chi connectivity index (χ0n) is 8.88. The second kappa shape index (κ2) is 3.60. The van der Waals surface area contributed by atoms with Crippen molar-refractivity contribution in [3.63, 3.8) is 0 Å². The van der Waals surface area contributed by atoms with Crippen LogP contribution in [0.15, 0.2) is 0 Å². The van der Waals surface area contributed by atoms with Gasteiger partial charge >= 0.3 is 5.97 Å². The molecule has 1 heterocycles. The molecule has 3 unspecified atom stereocenters.